The third-order valence-electron chi connectivity index (χ3n) is 3.33. The van der Waals surface area contributed by atoms with Gasteiger partial charge in [0.15, 0.2) is 6.10 Å². The number of carbonyl (C=O) groups is 2. The van der Waals surface area contributed by atoms with Crippen molar-refractivity contribution in [2.75, 3.05) is 5.32 Å². The predicted molar refractivity (Wildman–Crippen MR) is 90.6 cm³/mol. The van der Waals surface area contributed by atoms with Crippen LogP contribution in [0.15, 0.2) is 22.7 Å². The first-order valence-corrected chi connectivity index (χ1v) is 8.01. The Hall–Kier alpha value is -2.05. The largest absolute Gasteiger partial charge is 0.449 e. The molecule has 1 atom stereocenters. The van der Waals surface area contributed by atoms with Crippen LogP contribution in [0.1, 0.15) is 35.7 Å². The molecule has 1 unspecified atom stereocenters. The molecule has 0 aliphatic carbocycles. The number of benzene rings is 1. The van der Waals surface area contributed by atoms with Crippen LogP contribution in [0.25, 0.3) is 0 Å². The molecule has 0 fully saturated rings. The smallest absolute Gasteiger partial charge is 0.344 e. The fourth-order valence-corrected chi connectivity index (χ4v) is 2.38. The minimum Gasteiger partial charge on any atom is -0.449 e. The van der Waals surface area contributed by atoms with Crippen molar-refractivity contribution < 1.29 is 18.8 Å². The van der Waals surface area contributed by atoms with E-state index in [1.165, 1.54) is 6.92 Å². The lowest BCUT2D eigenvalue weighted by Crippen LogP contribution is -2.30. The summed E-state index contributed by atoms with van der Waals surface area (Å²) in [4.78, 5) is 24.4. The molecule has 0 radical (unpaired) electrons. The second-order valence-corrected chi connectivity index (χ2v) is 5.84. The van der Waals surface area contributed by atoms with Crippen LogP contribution in [0.5, 0.6) is 0 Å². The van der Waals surface area contributed by atoms with E-state index in [0.717, 1.165) is 0 Å². The molecular weight excluding hydrogens is 355 g/mol. The van der Waals surface area contributed by atoms with E-state index in [2.05, 4.69) is 10.5 Å². The number of ether oxygens (including phenoxy) is 1. The molecule has 0 bridgehead atoms. The number of amides is 1. The molecule has 0 spiro atoms. The van der Waals surface area contributed by atoms with Crippen LogP contribution >= 0.6 is 23.2 Å². The van der Waals surface area contributed by atoms with Gasteiger partial charge in [0.25, 0.3) is 5.91 Å². The van der Waals surface area contributed by atoms with Crippen LogP contribution in [0.2, 0.25) is 10.0 Å². The third-order valence-corrected chi connectivity index (χ3v) is 4.15. The maximum atomic E-state index is 12.2. The number of nitrogens with one attached hydrogen (secondary N) is 1. The Morgan fingerprint density at radius 2 is 2.08 bits per heavy atom. The molecule has 0 saturated carbocycles. The lowest BCUT2D eigenvalue weighted by molar-refractivity contribution is -0.123. The molecule has 8 heteroatoms. The predicted octanol–water partition coefficient (Wildman–Crippen LogP) is 4.04. The van der Waals surface area contributed by atoms with Gasteiger partial charge in [-0.2, -0.15) is 0 Å². The molecule has 1 N–H and O–H groups in total. The van der Waals surface area contributed by atoms with E-state index in [0.29, 0.717) is 28.6 Å². The van der Waals surface area contributed by atoms with Crippen LogP contribution < -0.4 is 5.32 Å². The van der Waals surface area contributed by atoms with Crippen LogP contribution in [0.3, 0.4) is 0 Å². The van der Waals surface area contributed by atoms with E-state index in [4.69, 9.17) is 32.5 Å². The van der Waals surface area contributed by atoms with Gasteiger partial charge in [-0.3, -0.25) is 4.79 Å². The average molecular weight is 371 g/mol. The average Bonchev–Trinajstić information content (AvgIpc) is 2.92. The number of aryl methyl sites for hydroxylation is 2. The summed E-state index contributed by atoms with van der Waals surface area (Å²) in [7, 11) is 0. The van der Waals surface area contributed by atoms with Crippen molar-refractivity contribution in [3.05, 3.63) is 45.3 Å². The normalized spacial score (nSPS) is 11.9. The maximum Gasteiger partial charge on any atom is 0.344 e. The van der Waals surface area contributed by atoms with Crippen molar-refractivity contribution in [1.29, 1.82) is 0 Å². The van der Waals surface area contributed by atoms with E-state index in [-0.39, 0.29) is 10.6 Å². The molecule has 0 aliphatic heterocycles. The van der Waals surface area contributed by atoms with Crippen LogP contribution in [0.4, 0.5) is 5.69 Å². The molecule has 0 aliphatic rings. The van der Waals surface area contributed by atoms with Crippen molar-refractivity contribution in [3.63, 3.8) is 0 Å². The number of anilines is 1. The number of hydrogen-bond donors (Lipinski definition) is 1. The number of rotatable bonds is 5. The zero-order valence-corrected chi connectivity index (χ0v) is 14.9. The van der Waals surface area contributed by atoms with Gasteiger partial charge in [0, 0.05) is 0 Å². The number of esters is 1. The topological polar surface area (TPSA) is 81.4 Å². The lowest BCUT2D eigenvalue weighted by Gasteiger charge is -2.14. The molecule has 0 saturated heterocycles. The van der Waals surface area contributed by atoms with Crippen molar-refractivity contribution in [1.82, 2.24) is 5.16 Å². The Morgan fingerprint density at radius 3 is 2.75 bits per heavy atom. The summed E-state index contributed by atoms with van der Waals surface area (Å²) >= 11 is 11.9. The molecule has 1 aromatic heterocycles. The molecule has 128 valence electrons. The van der Waals surface area contributed by atoms with Gasteiger partial charge < -0.3 is 14.6 Å². The van der Waals surface area contributed by atoms with Crippen LogP contribution in [-0.2, 0) is 16.0 Å². The minimum atomic E-state index is -1.04. The van der Waals surface area contributed by atoms with E-state index in [1.54, 1.807) is 25.1 Å². The standard InChI is InChI=1S/C16H16Cl2N2O4/c1-4-11-13(8(2)24-20-11)16(22)23-9(3)15(21)19-12-7-5-6-10(17)14(12)18/h5-7,9H,4H2,1-3H3,(H,19,21). The number of nitrogens with zero attached hydrogens (tertiary/aromatic N) is 1. The van der Waals surface area contributed by atoms with Crippen molar-refractivity contribution >= 4 is 40.8 Å². The van der Waals surface area contributed by atoms with E-state index in [1.807, 2.05) is 6.92 Å². The molecule has 2 rings (SSSR count). The summed E-state index contributed by atoms with van der Waals surface area (Å²) < 4.78 is 10.2. The summed E-state index contributed by atoms with van der Waals surface area (Å²) in [5.74, 6) is -0.840. The van der Waals surface area contributed by atoms with Crippen molar-refractivity contribution in [3.8, 4) is 0 Å². The molecule has 24 heavy (non-hydrogen) atoms. The van der Waals surface area contributed by atoms with E-state index >= 15 is 0 Å². The number of hydrogen-bond acceptors (Lipinski definition) is 5. The second kappa shape index (κ2) is 7.68. The van der Waals surface area contributed by atoms with Gasteiger partial charge in [0.05, 0.1) is 21.4 Å². The van der Waals surface area contributed by atoms with E-state index < -0.39 is 18.0 Å². The van der Waals surface area contributed by atoms with Gasteiger partial charge in [-0.15, -0.1) is 0 Å². The van der Waals surface area contributed by atoms with Gasteiger partial charge in [0.2, 0.25) is 0 Å². The first kappa shape index (κ1) is 18.3. The van der Waals surface area contributed by atoms with Gasteiger partial charge in [0.1, 0.15) is 11.3 Å². The first-order chi connectivity index (χ1) is 11.3. The molecule has 6 nitrogen and oxygen atoms in total. The summed E-state index contributed by atoms with van der Waals surface area (Å²) in [5.41, 5.74) is 1.08. The van der Waals surface area contributed by atoms with Gasteiger partial charge in [-0.25, -0.2) is 4.79 Å². The van der Waals surface area contributed by atoms with Gasteiger partial charge in [-0.05, 0) is 32.4 Å². The highest BCUT2D eigenvalue weighted by molar-refractivity contribution is 6.44. The third kappa shape index (κ3) is 3.88. The SMILES string of the molecule is CCc1noc(C)c1C(=O)OC(C)C(=O)Nc1cccc(Cl)c1Cl. The van der Waals surface area contributed by atoms with Gasteiger partial charge in [-0.1, -0.05) is 41.3 Å². The Bertz CT molecular complexity index is 773. The van der Waals surface area contributed by atoms with Crippen molar-refractivity contribution in [2.45, 2.75) is 33.3 Å². The number of carbonyl (C=O) groups excluding carboxylic acids is 2. The number of aromatic nitrogens is 1. The second-order valence-electron chi connectivity index (χ2n) is 5.05. The first-order valence-electron chi connectivity index (χ1n) is 7.26. The molecule has 1 heterocycles. The Kier molecular flexibility index (Phi) is 5.85. The molecule has 1 aromatic carbocycles. The lowest BCUT2D eigenvalue weighted by atomic mass is 10.1. The van der Waals surface area contributed by atoms with Crippen molar-refractivity contribution in [2.24, 2.45) is 0 Å². The van der Waals surface area contributed by atoms with Crippen LogP contribution in [-0.4, -0.2) is 23.1 Å². The Balaban J connectivity index is 2.07. The monoisotopic (exact) mass is 370 g/mol. The fraction of sp³-hybridized carbons (Fsp3) is 0.312. The van der Waals surface area contributed by atoms with E-state index in [9.17, 15) is 9.59 Å². The van der Waals surface area contributed by atoms with Gasteiger partial charge >= 0.3 is 5.97 Å². The molecule has 1 amide bonds. The highest BCUT2D eigenvalue weighted by Gasteiger charge is 2.25. The Labute approximate surface area is 149 Å². The summed E-state index contributed by atoms with van der Waals surface area (Å²) in [6, 6.07) is 4.85. The molecular formula is C16H16Cl2N2O4. The minimum absolute atomic E-state index is 0.217. The summed E-state index contributed by atoms with van der Waals surface area (Å²) in [5, 5.41) is 6.89. The summed E-state index contributed by atoms with van der Waals surface area (Å²) in [6.07, 6.45) is -0.521. The van der Waals surface area contributed by atoms with Crippen LogP contribution in [0, 0.1) is 6.92 Å². The molecule has 2 aromatic rings. The highest BCUT2D eigenvalue weighted by atomic mass is 35.5. The Morgan fingerprint density at radius 1 is 1.38 bits per heavy atom. The number of halogens is 2. The zero-order chi connectivity index (χ0) is 17.9. The fourth-order valence-electron chi connectivity index (χ4n) is 2.03. The summed E-state index contributed by atoms with van der Waals surface area (Å²) in [6.45, 7) is 4.91. The highest BCUT2D eigenvalue weighted by Crippen LogP contribution is 2.29. The maximum absolute atomic E-state index is 12.2. The zero-order valence-electron chi connectivity index (χ0n) is 13.4. The quantitative estimate of drug-likeness (QED) is 0.803.